The molecule has 0 radical (unpaired) electrons. The number of aryl methyl sites for hydroxylation is 1. The Labute approximate surface area is 148 Å². The van der Waals surface area contributed by atoms with E-state index in [1.165, 1.54) is 18.0 Å². The van der Waals surface area contributed by atoms with E-state index in [4.69, 9.17) is 0 Å². The highest BCUT2D eigenvalue weighted by atomic mass is 32.2. The number of amides is 1. The molecule has 0 fully saturated rings. The molecule has 25 heavy (non-hydrogen) atoms. The van der Waals surface area contributed by atoms with Gasteiger partial charge >= 0.3 is 0 Å². The quantitative estimate of drug-likeness (QED) is 0.538. The van der Waals surface area contributed by atoms with E-state index in [1.807, 2.05) is 45.0 Å². The molecule has 0 aliphatic heterocycles. The normalized spacial score (nSPS) is 11.2. The van der Waals surface area contributed by atoms with Crippen molar-refractivity contribution >= 4 is 28.7 Å². The Morgan fingerprint density at radius 1 is 1.32 bits per heavy atom. The van der Waals surface area contributed by atoms with Gasteiger partial charge in [0, 0.05) is 6.04 Å². The van der Waals surface area contributed by atoms with Crippen molar-refractivity contribution < 1.29 is 4.79 Å². The minimum Gasteiger partial charge on any atom is -0.353 e. The number of carbonyl (C=O) groups excluding carboxylic acids is 1. The van der Waals surface area contributed by atoms with Gasteiger partial charge in [-0.05, 0) is 32.9 Å². The molecule has 130 valence electrons. The van der Waals surface area contributed by atoms with Crippen LogP contribution in [-0.4, -0.2) is 37.5 Å². The van der Waals surface area contributed by atoms with Crippen LogP contribution in [0.4, 0.5) is 0 Å². The molecule has 0 aliphatic rings. The van der Waals surface area contributed by atoms with E-state index in [-0.39, 0.29) is 23.3 Å². The van der Waals surface area contributed by atoms with E-state index >= 15 is 0 Å². The third kappa shape index (κ3) is 3.90. The van der Waals surface area contributed by atoms with Crippen LogP contribution < -0.4 is 10.9 Å². The van der Waals surface area contributed by atoms with Crippen molar-refractivity contribution in [3.63, 3.8) is 0 Å². The highest BCUT2D eigenvalue weighted by Crippen LogP contribution is 2.18. The van der Waals surface area contributed by atoms with E-state index in [2.05, 4.69) is 20.4 Å². The number of thioether (sulfide) groups is 1. The fourth-order valence-corrected chi connectivity index (χ4v) is 3.01. The number of H-pyrrole nitrogens is 1. The first kappa shape index (κ1) is 17.2. The highest BCUT2D eigenvalue weighted by Gasteiger charge is 2.13. The number of nitrogens with one attached hydrogen (secondary N) is 2. The average molecular weight is 357 g/mol. The van der Waals surface area contributed by atoms with Crippen LogP contribution >= 0.6 is 11.8 Å². The highest BCUT2D eigenvalue weighted by molar-refractivity contribution is 7.99. The molecule has 1 amide bonds. The molecule has 3 rings (SSSR count). The van der Waals surface area contributed by atoms with Crippen LogP contribution in [0.15, 0.2) is 40.4 Å². The van der Waals surface area contributed by atoms with Gasteiger partial charge in [0.05, 0.1) is 17.6 Å². The van der Waals surface area contributed by atoms with E-state index in [1.54, 1.807) is 4.68 Å². The number of rotatable bonds is 5. The number of hydrogen-bond acceptors (Lipinski definition) is 5. The molecule has 1 aromatic carbocycles. The maximum Gasteiger partial charge on any atom is 0.262 e. The average Bonchev–Trinajstić information content (AvgIpc) is 2.97. The number of nitrogens with zero attached hydrogens (tertiary/aromatic N) is 3. The second-order valence-corrected chi connectivity index (χ2v) is 6.98. The van der Waals surface area contributed by atoms with Crippen molar-refractivity contribution in [2.75, 3.05) is 5.75 Å². The zero-order valence-corrected chi connectivity index (χ0v) is 15.1. The lowest BCUT2D eigenvalue weighted by Crippen LogP contribution is -2.31. The number of aromatic nitrogens is 4. The largest absolute Gasteiger partial charge is 0.353 e. The second-order valence-electron chi connectivity index (χ2n) is 6.01. The van der Waals surface area contributed by atoms with Crippen LogP contribution in [0.25, 0.3) is 16.7 Å². The summed E-state index contributed by atoms with van der Waals surface area (Å²) in [7, 11) is 0. The van der Waals surface area contributed by atoms with Crippen LogP contribution in [0.1, 0.15) is 19.4 Å². The van der Waals surface area contributed by atoms with Gasteiger partial charge in [-0.2, -0.15) is 5.10 Å². The number of hydrogen-bond donors (Lipinski definition) is 2. The molecular weight excluding hydrogens is 338 g/mol. The van der Waals surface area contributed by atoms with Gasteiger partial charge in [-0.3, -0.25) is 9.59 Å². The number of aromatic amines is 1. The first-order chi connectivity index (χ1) is 11.9. The number of carbonyl (C=O) groups is 1. The Morgan fingerprint density at radius 2 is 2.04 bits per heavy atom. The third-order valence-corrected chi connectivity index (χ3v) is 4.36. The predicted octanol–water partition coefficient (Wildman–Crippen LogP) is 2.03. The second kappa shape index (κ2) is 7.10. The van der Waals surface area contributed by atoms with E-state index in [0.29, 0.717) is 16.2 Å². The molecule has 2 N–H and O–H groups in total. The number of fused-ring (bicyclic) bond motifs is 1. The van der Waals surface area contributed by atoms with Gasteiger partial charge in [-0.15, -0.1) is 0 Å². The maximum absolute atomic E-state index is 12.3. The molecule has 0 unspecified atom stereocenters. The van der Waals surface area contributed by atoms with Gasteiger partial charge < -0.3 is 10.3 Å². The molecule has 0 spiro atoms. The summed E-state index contributed by atoms with van der Waals surface area (Å²) in [5, 5.41) is 7.89. The lowest BCUT2D eigenvalue weighted by atomic mass is 10.2. The fourth-order valence-electron chi connectivity index (χ4n) is 2.34. The Balaban J connectivity index is 1.92. The van der Waals surface area contributed by atoms with Crippen LogP contribution in [0.2, 0.25) is 0 Å². The van der Waals surface area contributed by atoms with Crippen LogP contribution in [-0.2, 0) is 4.79 Å². The zero-order chi connectivity index (χ0) is 18.0. The molecular formula is C17H19N5O2S. The van der Waals surface area contributed by atoms with Gasteiger partial charge in [0.25, 0.3) is 5.56 Å². The Bertz CT molecular complexity index is 959. The summed E-state index contributed by atoms with van der Waals surface area (Å²) in [6, 6.07) is 7.87. The van der Waals surface area contributed by atoms with Gasteiger partial charge in [0.2, 0.25) is 5.91 Å². The summed E-state index contributed by atoms with van der Waals surface area (Å²) in [6.07, 6.45) is 1.50. The summed E-state index contributed by atoms with van der Waals surface area (Å²) in [6.45, 7) is 5.80. The lowest BCUT2D eigenvalue weighted by Gasteiger charge is -2.08. The summed E-state index contributed by atoms with van der Waals surface area (Å²) < 4.78 is 1.63. The Kier molecular flexibility index (Phi) is 4.89. The molecule has 0 bridgehead atoms. The van der Waals surface area contributed by atoms with Crippen molar-refractivity contribution in [3.05, 3.63) is 46.4 Å². The van der Waals surface area contributed by atoms with Crippen molar-refractivity contribution in [1.82, 2.24) is 25.1 Å². The topological polar surface area (TPSA) is 92.7 Å². The summed E-state index contributed by atoms with van der Waals surface area (Å²) >= 11 is 1.19. The maximum atomic E-state index is 12.3. The minimum atomic E-state index is -0.268. The third-order valence-electron chi connectivity index (χ3n) is 3.48. The van der Waals surface area contributed by atoms with E-state index in [0.717, 1.165) is 11.3 Å². The Hall–Kier alpha value is -2.61. The lowest BCUT2D eigenvalue weighted by molar-refractivity contribution is -0.119. The van der Waals surface area contributed by atoms with Crippen LogP contribution in [0.3, 0.4) is 0 Å². The van der Waals surface area contributed by atoms with Crippen molar-refractivity contribution in [3.8, 4) is 5.69 Å². The van der Waals surface area contributed by atoms with Gasteiger partial charge in [0.15, 0.2) is 10.8 Å². The Morgan fingerprint density at radius 3 is 2.72 bits per heavy atom. The molecule has 2 aromatic heterocycles. The van der Waals surface area contributed by atoms with E-state index < -0.39 is 0 Å². The van der Waals surface area contributed by atoms with Crippen LogP contribution in [0, 0.1) is 6.92 Å². The SMILES string of the molecule is Cc1ccc(-n2ncc3c(=O)[nH]c(SCC(=O)NC(C)C)nc32)cc1. The van der Waals surface area contributed by atoms with Gasteiger partial charge in [0.1, 0.15) is 5.39 Å². The molecule has 3 aromatic rings. The van der Waals surface area contributed by atoms with Gasteiger partial charge in [-0.25, -0.2) is 9.67 Å². The molecule has 0 saturated carbocycles. The monoisotopic (exact) mass is 357 g/mol. The molecule has 0 saturated heterocycles. The van der Waals surface area contributed by atoms with Gasteiger partial charge in [-0.1, -0.05) is 29.5 Å². The first-order valence-electron chi connectivity index (χ1n) is 7.91. The number of benzene rings is 1. The van der Waals surface area contributed by atoms with Crippen LogP contribution in [0.5, 0.6) is 0 Å². The molecule has 7 nitrogen and oxygen atoms in total. The molecule has 8 heteroatoms. The fraction of sp³-hybridized carbons (Fsp3) is 0.294. The summed E-state index contributed by atoms with van der Waals surface area (Å²) in [4.78, 5) is 31.2. The summed E-state index contributed by atoms with van der Waals surface area (Å²) in [5.41, 5.74) is 2.17. The van der Waals surface area contributed by atoms with E-state index in [9.17, 15) is 9.59 Å². The molecule has 2 heterocycles. The predicted molar refractivity (Wildman–Crippen MR) is 98.2 cm³/mol. The smallest absolute Gasteiger partial charge is 0.262 e. The standard InChI is InChI=1S/C17H19N5O2S/c1-10(2)19-14(23)9-25-17-20-15-13(16(24)21-17)8-18-22(15)12-6-4-11(3)5-7-12/h4-8,10H,9H2,1-3H3,(H,19,23)(H,20,21,24). The zero-order valence-electron chi connectivity index (χ0n) is 14.2. The minimum absolute atomic E-state index is 0.0746. The van der Waals surface area contributed by atoms with Crippen molar-refractivity contribution in [1.29, 1.82) is 0 Å². The summed E-state index contributed by atoms with van der Waals surface area (Å²) in [5.74, 6) is 0.0838. The molecule has 0 atom stereocenters. The van der Waals surface area contributed by atoms with Crippen molar-refractivity contribution in [2.24, 2.45) is 0 Å². The molecule has 0 aliphatic carbocycles. The first-order valence-corrected chi connectivity index (χ1v) is 8.90. The van der Waals surface area contributed by atoms with Crippen molar-refractivity contribution in [2.45, 2.75) is 32.0 Å².